The summed E-state index contributed by atoms with van der Waals surface area (Å²) < 4.78 is 6.09. The molecule has 0 radical (unpaired) electrons. The lowest BCUT2D eigenvalue weighted by atomic mass is 10.1. The Labute approximate surface area is 132 Å². The van der Waals surface area contributed by atoms with Crippen LogP contribution in [0.25, 0.3) is 0 Å². The van der Waals surface area contributed by atoms with Crippen molar-refractivity contribution in [1.82, 2.24) is 0 Å². The Balaban J connectivity index is 2.17. The van der Waals surface area contributed by atoms with Gasteiger partial charge in [-0.3, -0.25) is 0 Å². The molecule has 0 N–H and O–H groups in total. The standard InChI is InChI=1S/C17H26OS2/c1-3-5-13-19-17(20-14-6-4-2)11-12-18-16-10-8-7-9-15(16)17/h7-10H,3-6,11-14H2,1-2H3. The van der Waals surface area contributed by atoms with Crippen molar-refractivity contribution >= 4 is 23.5 Å². The average Bonchev–Trinajstić information content (AvgIpc) is 2.48. The minimum Gasteiger partial charge on any atom is -0.493 e. The van der Waals surface area contributed by atoms with E-state index in [0.29, 0.717) is 0 Å². The summed E-state index contributed by atoms with van der Waals surface area (Å²) in [6.45, 7) is 5.40. The zero-order valence-corrected chi connectivity index (χ0v) is 14.3. The number of para-hydroxylation sites is 1. The normalized spacial score (nSPS) is 16.5. The van der Waals surface area contributed by atoms with Crippen molar-refractivity contribution in [1.29, 1.82) is 0 Å². The summed E-state index contributed by atoms with van der Waals surface area (Å²) in [6.07, 6.45) is 6.31. The largest absolute Gasteiger partial charge is 0.493 e. The van der Waals surface area contributed by atoms with Gasteiger partial charge >= 0.3 is 0 Å². The molecule has 0 aliphatic carbocycles. The van der Waals surface area contributed by atoms with Crippen LogP contribution in [0.2, 0.25) is 0 Å². The quantitative estimate of drug-likeness (QED) is 0.451. The summed E-state index contributed by atoms with van der Waals surface area (Å²) in [6, 6.07) is 8.64. The zero-order valence-electron chi connectivity index (χ0n) is 12.7. The van der Waals surface area contributed by atoms with Gasteiger partial charge in [0, 0.05) is 12.0 Å². The molecule has 0 aromatic heterocycles. The Morgan fingerprint density at radius 2 is 1.70 bits per heavy atom. The first-order valence-corrected chi connectivity index (χ1v) is 9.79. The monoisotopic (exact) mass is 310 g/mol. The van der Waals surface area contributed by atoms with E-state index < -0.39 is 0 Å². The third-order valence-corrected chi connectivity index (χ3v) is 7.13. The number of ether oxygens (including phenoxy) is 1. The molecule has 0 saturated carbocycles. The van der Waals surface area contributed by atoms with Crippen LogP contribution in [0.5, 0.6) is 5.75 Å². The summed E-state index contributed by atoms with van der Waals surface area (Å²) in [7, 11) is 0. The van der Waals surface area contributed by atoms with Gasteiger partial charge in [-0.1, -0.05) is 44.9 Å². The van der Waals surface area contributed by atoms with Gasteiger partial charge in [-0.25, -0.2) is 0 Å². The van der Waals surface area contributed by atoms with Crippen LogP contribution in [0, 0.1) is 0 Å². The first-order chi connectivity index (χ1) is 9.82. The van der Waals surface area contributed by atoms with Crippen LogP contribution in [0.3, 0.4) is 0 Å². The first-order valence-electron chi connectivity index (χ1n) is 7.82. The second-order valence-electron chi connectivity index (χ2n) is 5.25. The molecule has 0 fully saturated rings. The SMILES string of the molecule is CCCCSC1(SCCCC)CCOc2ccccc21. The fraction of sp³-hybridized carbons (Fsp3) is 0.647. The van der Waals surface area contributed by atoms with Crippen LogP contribution in [0.1, 0.15) is 51.5 Å². The van der Waals surface area contributed by atoms with E-state index in [1.165, 1.54) is 42.8 Å². The molecule has 0 atom stereocenters. The van der Waals surface area contributed by atoms with E-state index in [4.69, 9.17) is 4.74 Å². The minimum atomic E-state index is 0.221. The second kappa shape index (κ2) is 8.23. The summed E-state index contributed by atoms with van der Waals surface area (Å²) in [5.41, 5.74) is 1.41. The van der Waals surface area contributed by atoms with Gasteiger partial charge in [0.15, 0.2) is 0 Å². The van der Waals surface area contributed by atoms with Crippen LogP contribution in [0.15, 0.2) is 24.3 Å². The van der Waals surface area contributed by atoms with E-state index in [2.05, 4.69) is 61.6 Å². The highest BCUT2D eigenvalue weighted by Gasteiger charge is 2.38. The van der Waals surface area contributed by atoms with Gasteiger partial charge in [0.25, 0.3) is 0 Å². The van der Waals surface area contributed by atoms with Gasteiger partial charge in [0.1, 0.15) is 5.75 Å². The molecule has 0 bridgehead atoms. The van der Waals surface area contributed by atoms with Crippen molar-refractivity contribution in [2.75, 3.05) is 18.1 Å². The summed E-state index contributed by atoms with van der Waals surface area (Å²) in [5.74, 6) is 3.61. The second-order valence-corrected chi connectivity index (χ2v) is 8.30. The molecule has 1 aromatic rings. The lowest BCUT2D eigenvalue weighted by Gasteiger charge is -2.38. The maximum atomic E-state index is 5.86. The van der Waals surface area contributed by atoms with Crippen molar-refractivity contribution in [3.8, 4) is 5.75 Å². The topological polar surface area (TPSA) is 9.23 Å². The maximum Gasteiger partial charge on any atom is 0.124 e. The van der Waals surface area contributed by atoms with Crippen molar-refractivity contribution in [2.45, 2.75) is 50.0 Å². The number of unbranched alkanes of at least 4 members (excludes halogenated alkanes) is 2. The Hall–Kier alpha value is -0.280. The van der Waals surface area contributed by atoms with Gasteiger partial charge in [-0.15, -0.1) is 23.5 Å². The summed E-state index contributed by atoms with van der Waals surface area (Å²) in [4.78, 5) is 0. The van der Waals surface area contributed by atoms with E-state index in [-0.39, 0.29) is 4.08 Å². The zero-order chi connectivity index (χ0) is 14.3. The fourth-order valence-corrected chi connectivity index (χ4v) is 5.90. The number of hydrogen-bond donors (Lipinski definition) is 0. The van der Waals surface area contributed by atoms with E-state index in [9.17, 15) is 0 Å². The molecule has 20 heavy (non-hydrogen) atoms. The highest BCUT2D eigenvalue weighted by molar-refractivity contribution is 8.17. The molecular formula is C17H26OS2. The van der Waals surface area contributed by atoms with E-state index in [1.54, 1.807) is 0 Å². The van der Waals surface area contributed by atoms with Gasteiger partial charge in [0.05, 0.1) is 10.7 Å². The van der Waals surface area contributed by atoms with E-state index in [0.717, 1.165) is 18.8 Å². The van der Waals surface area contributed by atoms with Gasteiger partial charge in [-0.2, -0.15) is 0 Å². The average molecular weight is 311 g/mol. The maximum absolute atomic E-state index is 5.86. The van der Waals surface area contributed by atoms with Gasteiger partial charge < -0.3 is 4.74 Å². The number of fused-ring (bicyclic) bond motifs is 1. The molecule has 1 heterocycles. The number of hydrogen-bond acceptors (Lipinski definition) is 3. The Morgan fingerprint density at radius 1 is 1.05 bits per heavy atom. The highest BCUT2D eigenvalue weighted by Crippen LogP contribution is 2.54. The molecule has 0 spiro atoms. The van der Waals surface area contributed by atoms with Crippen LogP contribution in [-0.2, 0) is 4.08 Å². The van der Waals surface area contributed by atoms with Crippen molar-refractivity contribution in [2.24, 2.45) is 0 Å². The Morgan fingerprint density at radius 3 is 2.35 bits per heavy atom. The molecule has 0 amide bonds. The predicted octanol–water partition coefficient (Wildman–Crippen LogP) is 5.69. The van der Waals surface area contributed by atoms with Crippen molar-refractivity contribution < 1.29 is 4.74 Å². The molecule has 112 valence electrons. The third kappa shape index (κ3) is 3.88. The Bertz CT molecular complexity index is 396. The molecule has 1 aliphatic heterocycles. The molecule has 1 nitrogen and oxygen atoms in total. The van der Waals surface area contributed by atoms with E-state index >= 15 is 0 Å². The highest BCUT2D eigenvalue weighted by atomic mass is 32.2. The van der Waals surface area contributed by atoms with Crippen LogP contribution >= 0.6 is 23.5 Å². The third-order valence-electron chi connectivity index (χ3n) is 3.65. The lowest BCUT2D eigenvalue weighted by molar-refractivity contribution is 0.280. The van der Waals surface area contributed by atoms with Gasteiger partial charge in [-0.05, 0) is 30.4 Å². The molecule has 0 unspecified atom stereocenters. The van der Waals surface area contributed by atoms with Crippen molar-refractivity contribution in [3.63, 3.8) is 0 Å². The smallest absolute Gasteiger partial charge is 0.124 e. The molecule has 1 aliphatic rings. The molecular weight excluding hydrogens is 284 g/mol. The van der Waals surface area contributed by atoms with E-state index in [1.807, 2.05) is 0 Å². The molecule has 0 saturated heterocycles. The summed E-state index contributed by atoms with van der Waals surface area (Å²) >= 11 is 4.29. The predicted molar refractivity (Wildman–Crippen MR) is 93.0 cm³/mol. The molecule has 3 heteroatoms. The Kier molecular flexibility index (Phi) is 6.63. The minimum absolute atomic E-state index is 0.221. The summed E-state index contributed by atoms with van der Waals surface area (Å²) in [5, 5.41) is 0. The number of thioether (sulfide) groups is 2. The molecule has 2 rings (SSSR count). The van der Waals surface area contributed by atoms with Crippen LogP contribution in [-0.4, -0.2) is 18.1 Å². The fourth-order valence-electron chi connectivity index (χ4n) is 2.44. The first kappa shape index (κ1) is 16.1. The number of benzene rings is 1. The lowest BCUT2D eigenvalue weighted by Crippen LogP contribution is -2.27. The molecule has 1 aromatic carbocycles. The number of rotatable bonds is 8. The van der Waals surface area contributed by atoms with Crippen molar-refractivity contribution in [3.05, 3.63) is 29.8 Å². The van der Waals surface area contributed by atoms with Gasteiger partial charge in [0.2, 0.25) is 0 Å². The van der Waals surface area contributed by atoms with Crippen LogP contribution < -0.4 is 4.74 Å². The van der Waals surface area contributed by atoms with Crippen LogP contribution in [0.4, 0.5) is 0 Å².